The second-order valence-electron chi connectivity index (χ2n) is 9.15. The summed E-state index contributed by atoms with van der Waals surface area (Å²) in [5.41, 5.74) is 1.34. The number of rotatable bonds is 8. The van der Waals surface area contributed by atoms with Crippen LogP contribution in [0, 0.1) is 6.92 Å². The Bertz CT molecular complexity index is 1110. The number of pyridine rings is 1. The Labute approximate surface area is 204 Å². The molecule has 2 heterocycles. The van der Waals surface area contributed by atoms with Gasteiger partial charge in [0.15, 0.2) is 5.78 Å². The van der Waals surface area contributed by atoms with Crippen LogP contribution in [0.2, 0.25) is 0 Å². The molecule has 4 rings (SSSR count). The molecule has 0 amide bonds. The minimum Gasteiger partial charge on any atom is -0.367 e. The van der Waals surface area contributed by atoms with E-state index in [1.54, 1.807) is 19.2 Å². The van der Waals surface area contributed by atoms with E-state index in [-0.39, 0.29) is 24.7 Å². The van der Waals surface area contributed by atoms with Crippen LogP contribution in [-0.2, 0) is 17.4 Å². The number of aryl methyl sites for hydroxylation is 2. The molecule has 0 aliphatic carbocycles. The monoisotopic (exact) mass is 481 g/mol. The van der Waals surface area contributed by atoms with Crippen molar-refractivity contribution in [2.24, 2.45) is 0 Å². The first-order valence-corrected chi connectivity index (χ1v) is 12.0. The van der Waals surface area contributed by atoms with Crippen molar-refractivity contribution in [1.82, 2.24) is 9.88 Å². The molecule has 7 heteroatoms. The number of anilines is 1. The summed E-state index contributed by atoms with van der Waals surface area (Å²) < 4.78 is 39.7. The van der Waals surface area contributed by atoms with Gasteiger partial charge in [0.05, 0.1) is 11.6 Å². The van der Waals surface area contributed by atoms with Crippen LogP contribution in [-0.4, -0.2) is 34.8 Å². The quantitative estimate of drug-likeness (QED) is 0.414. The summed E-state index contributed by atoms with van der Waals surface area (Å²) >= 11 is 0. The third kappa shape index (κ3) is 6.69. The number of nitrogens with one attached hydrogen (secondary N) is 1. The van der Waals surface area contributed by atoms with Crippen molar-refractivity contribution in [3.05, 3.63) is 95.2 Å². The highest BCUT2D eigenvalue weighted by molar-refractivity contribution is 5.85. The largest absolute Gasteiger partial charge is 0.416 e. The Hall–Kier alpha value is -3.19. The zero-order valence-corrected chi connectivity index (χ0v) is 19.8. The van der Waals surface area contributed by atoms with Gasteiger partial charge in [-0.2, -0.15) is 13.2 Å². The smallest absolute Gasteiger partial charge is 0.367 e. The second-order valence-corrected chi connectivity index (χ2v) is 9.15. The van der Waals surface area contributed by atoms with Crippen molar-refractivity contribution in [1.29, 1.82) is 0 Å². The standard InChI is InChI=1S/C28H30F3N3O/c1-20-17-21(19-23(18-20)28(29,30)31)10-11-25(35)27(22-7-3-2-4-8-22)34-15-12-24(13-16-34)33-26-9-5-6-14-32-26/h2-9,14,17-19,24,27H,10-13,15-16H2,1H3,(H,32,33). The van der Waals surface area contributed by atoms with Crippen molar-refractivity contribution < 1.29 is 18.0 Å². The lowest BCUT2D eigenvalue weighted by atomic mass is 9.93. The van der Waals surface area contributed by atoms with E-state index in [4.69, 9.17) is 0 Å². The number of alkyl halides is 3. The third-order valence-corrected chi connectivity index (χ3v) is 6.46. The highest BCUT2D eigenvalue weighted by atomic mass is 19.4. The van der Waals surface area contributed by atoms with Crippen molar-refractivity contribution in [2.75, 3.05) is 18.4 Å². The van der Waals surface area contributed by atoms with Gasteiger partial charge in [-0.3, -0.25) is 9.69 Å². The van der Waals surface area contributed by atoms with Crippen LogP contribution >= 0.6 is 0 Å². The van der Waals surface area contributed by atoms with Gasteiger partial charge in [0.1, 0.15) is 5.82 Å². The fourth-order valence-electron chi connectivity index (χ4n) is 4.77. The number of likely N-dealkylation sites (tertiary alicyclic amines) is 1. The van der Waals surface area contributed by atoms with Crippen LogP contribution in [0.15, 0.2) is 72.9 Å². The molecule has 35 heavy (non-hydrogen) atoms. The lowest BCUT2D eigenvalue weighted by Crippen LogP contribution is -2.43. The first-order valence-electron chi connectivity index (χ1n) is 12.0. The number of piperidine rings is 1. The maximum absolute atomic E-state index is 13.5. The van der Waals surface area contributed by atoms with E-state index in [0.717, 1.165) is 49.4 Å². The molecule has 1 aliphatic heterocycles. The number of benzene rings is 2. The highest BCUT2D eigenvalue weighted by Gasteiger charge is 2.32. The number of aromatic nitrogens is 1. The molecule has 1 aromatic heterocycles. The van der Waals surface area contributed by atoms with Gasteiger partial charge in [0.2, 0.25) is 0 Å². The Morgan fingerprint density at radius 1 is 1.06 bits per heavy atom. The number of hydrogen-bond donors (Lipinski definition) is 1. The summed E-state index contributed by atoms with van der Waals surface area (Å²) in [6.45, 7) is 3.15. The number of hydrogen-bond acceptors (Lipinski definition) is 4. The molecule has 1 N–H and O–H groups in total. The minimum atomic E-state index is -4.40. The fraction of sp³-hybridized carbons (Fsp3) is 0.357. The van der Waals surface area contributed by atoms with Crippen LogP contribution in [0.25, 0.3) is 0 Å². The first-order chi connectivity index (χ1) is 16.8. The van der Waals surface area contributed by atoms with E-state index < -0.39 is 17.8 Å². The van der Waals surface area contributed by atoms with E-state index in [1.807, 2.05) is 48.5 Å². The van der Waals surface area contributed by atoms with Crippen LogP contribution in [0.5, 0.6) is 0 Å². The molecule has 2 aromatic carbocycles. The summed E-state index contributed by atoms with van der Waals surface area (Å²) in [5, 5.41) is 3.46. The maximum atomic E-state index is 13.5. The molecule has 1 aliphatic rings. The van der Waals surface area contributed by atoms with E-state index in [2.05, 4.69) is 15.2 Å². The fourth-order valence-corrected chi connectivity index (χ4v) is 4.77. The van der Waals surface area contributed by atoms with E-state index in [0.29, 0.717) is 11.1 Å². The zero-order valence-electron chi connectivity index (χ0n) is 19.8. The molecule has 1 atom stereocenters. The molecule has 1 fully saturated rings. The average molecular weight is 482 g/mol. The molecule has 1 unspecified atom stereocenters. The second kappa shape index (κ2) is 11.0. The van der Waals surface area contributed by atoms with Crippen LogP contribution in [0.3, 0.4) is 0 Å². The van der Waals surface area contributed by atoms with Gasteiger partial charge < -0.3 is 5.32 Å². The number of carbonyl (C=O) groups excluding carboxylic acids is 1. The summed E-state index contributed by atoms with van der Waals surface area (Å²) in [5.74, 6) is 0.875. The molecular formula is C28H30F3N3O. The molecule has 0 saturated carbocycles. The van der Waals surface area contributed by atoms with E-state index in [9.17, 15) is 18.0 Å². The number of nitrogens with zero attached hydrogens (tertiary/aromatic N) is 2. The van der Waals surface area contributed by atoms with Crippen LogP contribution in [0.4, 0.5) is 19.0 Å². The highest BCUT2D eigenvalue weighted by Crippen LogP contribution is 2.32. The summed E-state index contributed by atoms with van der Waals surface area (Å²) in [4.78, 5) is 20.0. The molecule has 0 spiro atoms. The van der Waals surface area contributed by atoms with Crippen molar-refractivity contribution in [3.63, 3.8) is 0 Å². The van der Waals surface area contributed by atoms with Crippen LogP contribution in [0.1, 0.15) is 47.6 Å². The Balaban J connectivity index is 1.44. The van der Waals surface area contributed by atoms with Crippen molar-refractivity contribution in [3.8, 4) is 0 Å². The molecule has 184 valence electrons. The number of Topliss-reactive ketones (excluding diaryl/α,β-unsaturated/α-hetero) is 1. The average Bonchev–Trinajstić information content (AvgIpc) is 2.84. The van der Waals surface area contributed by atoms with Crippen molar-refractivity contribution in [2.45, 2.75) is 50.9 Å². The van der Waals surface area contributed by atoms with Crippen molar-refractivity contribution >= 4 is 11.6 Å². The van der Waals surface area contributed by atoms with Gasteiger partial charge in [-0.1, -0.05) is 48.0 Å². The molecule has 1 saturated heterocycles. The topological polar surface area (TPSA) is 45.2 Å². The minimum absolute atomic E-state index is 0.0300. The number of carbonyl (C=O) groups is 1. The van der Waals surface area contributed by atoms with Gasteiger partial charge >= 0.3 is 6.18 Å². The van der Waals surface area contributed by atoms with Gasteiger partial charge in [0, 0.05) is 31.7 Å². The molecule has 4 nitrogen and oxygen atoms in total. The summed E-state index contributed by atoms with van der Waals surface area (Å²) in [6, 6.07) is 19.3. The van der Waals surface area contributed by atoms with E-state index >= 15 is 0 Å². The zero-order chi connectivity index (χ0) is 24.8. The molecule has 0 radical (unpaired) electrons. The molecule has 0 bridgehead atoms. The maximum Gasteiger partial charge on any atom is 0.416 e. The number of halogens is 3. The predicted octanol–water partition coefficient (Wildman–Crippen LogP) is 6.23. The van der Waals surface area contributed by atoms with Gasteiger partial charge in [0.25, 0.3) is 0 Å². The Morgan fingerprint density at radius 2 is 1.77 bits per heavy atom. The lowest BCUT2D eigenvalue weighted by Gasteiger charge is -2.37. The summed E-state index contributed by atoms with van der Waals surface area (Å²) in [6.07, 6.45) is -0.421. The Morgan fingerprint density at radius 3 is 2.43 bits per heavy atom. The first kappa shape index (κ1) is 24.9. The number of ketones is 1. The molecular weight excluding hydrogens is 451 g/mol. The third-order valence-electron chi connectivity index (χ3n) is 6.46. The SMILES string of the molecule is Cc1cc(CCC(=O)C(c2ccccc2)N2CCC(Nc3ccccn3)CC2)cc(C(F)(F)F)c1. The summed E-state index contributed by atoms with van der Waals surface area (Å²) in [7, 11) is 0. The predicted molar refractivity (Wildman–Crippen MR) is 131 cm³/mol. The lowest BCUT2D eigenvalue weighted by molar-refractivity contribution is -0.137. The van der Waals surface area contributed by atoms with Gasteiger partial charge in [-0.25, -0.2) is 4.98 Å². The Kier molecular flexibility index (Phi) is 7.86. The van der Waals surface area contributed by atoms with E-state index in [1.165, 1.54) is 0 Å². The molecule has 3 aromatic rings. The van der Waals surface area contributed by atoms with Gasteiger partial charge in [-0.15, -0.1) is 0 Å². The van der Waals surface area contributed by atoms with Gasteiger partial charge in [-0.05, 0) is 61.6 Å². The normalized spacial score (nSPS) is 16.1. The van der Waals surface area contributed by atoms with Crippen LogP contribution < -0.4 is 5.32 Å².